The predicted octanol–water partition coefficient (Wildman–Crippen LogP) is 3.66. The number of oxazole rings is 1. The summed E-state index contributed by atoms with van der Waals surface area (Å²) in [6.07, 6.45) is 13.2. The fourth-order valence-corrected chi connectivity index (χ4v) is 6.32. The van der Waals surface area contributed by atoms with E-state index in [9.17, 15) is 9.59 Å². The van der Waals surface area contributed by atoms with Gasteiger partial charge in [0.05, 0.1) is 17.8 Å². The van der Waals surface area contributed by atoms with Crippen molar-refractivity contribution < 1.29 is 19.1 Å². The van der Waals surface area contributed by atoms with Gasteiger partial charge >= 0.3 is 5.97 Å². The third kappa shape index (κ3) is 10.9. The Morgan fingerprint density at radius 1 is 0.979 bits per heavy atom. The number of amides is 1. The van der Waals surface area contributed by atoms with Crippen LogP contribution in [0.3, 0.4) is 0 Å². The molecule has 7 N–H and O–H groups in total. The molecule has 3 heterocycles. The van der Waals surface area contributed by atoms with Crippen molar-refractivity contribution in [3.05, 3.63) is 42.1 Å². The average molecular weight is 650 g/mol. The predicted molar refractivity (Wildman–Crippen MR) is 182 cm³/mol. The maximum absolute atomic E-state index is 12.6. The van der Waals surface area contributed by atoms with Crippen LogP contribution in [-0.2, 0) is 22.6 Å². The van der Waals surface area contributed by atoms with Crippen LogP contribution in [0, 0.1) is 0 Å². The first kappa shape index (κ1) is 34.5. The molecule has 47 heavy (non-hydrogen) atoms. The van der Waals surface area contributed by atoms with Crippen LogP contribution in [0.5, 0.6) is 0 Å². The van der Waals surface area contributed by atoms with Crippen LogP contribution in [-0.4, -0.2) is 87.7 Å². The zero-order valence-electron chi connectivity index (χ0n) is 27.4. The molecule has 256 valence electrons. The minimum atomic E-state index is -1.08. The number of rotatable bonds is 18. The van der Waals surface area contributed by atoms with Gasteiger partial charge in [-0.2, -0.15) is 4.98 Å². The normalized spacial score (nSPS) is 16.7. The highest BCUT2D eigenvalue weighted by atomic mass is 16.4. The van der Waals surface area contributed by atoms with Crippen molar-refractivity contribution in [2.24, 2.45) is 5.73 Å². The number of hydrogen-bond donors (Lipinski definition) is 6. The first-order chi connectivity index (χ1) is 22.9. The Morgan fingerprint density at radius 2 is 1.77 bits per heavy atom. The average Bonchev–Trinajstić information content (AvgIpc) is 3.55. The summed E-state index contributed by atoms with van der Waals surface area (Å²) >= 11 is 0. The lowest BCUT2D eigenvalue weighted by atomic mass is 9.95. The Bertz CT molecular complexity index is 1420. The number of fused-ring (bicyclic) bond motifs is 1. The highest BCUT2D eigenvalue weighted by molar-refractivity contribution is 5.90. The monoisotopic (exact) mass is 649 g/mol. The Hall–Kier alpha value is -3.81. The van der Waals surface area contributed by atoms with E-state index in [4.69, 9.17) is 25.2 Å². The molecule has 2 aliphatic rings. The number of carboxylic acids is 1. The lowest BCUT2D eigenvalue weighted by Gasteiger charge is -2.33. The summed E-state index contributed by atoms with van der Waals surface area (Å²) < 4.78 is 5.72. The summed E-state index contributed by atoms with van der Waals surface area (Å²) in [4.78, 5) is 39.5. The number of aromatic nitrogens is 3. The third-order valence-corrected chi connectivity index (χ3v) is 9.12. The number of carbonyl (C=O) groups is 2. The molecule has 3 aromatic rings. The van der Waals surface area contributed by atoms with Crippen molar-refractivity contribution in [3.63, 3.8) is 0 Å². The van der Waals surface area contributed by atoms with Crippen molar-refractivity contribution in [1.82, 2.24) is 30.5 Å². The molecule has 1 saturated carbocycles. The molecule has 1 atom stereocenters. The Morgan fingerprint density at radius 3 is 2.57 bits per heavy atom. The van der Waals surface area contributed by atoms with Crippen molar-refractivity contribution >= 4 is 34.5 Å². The number of nitrogens with one attached hydrogen (secondary N) is 4. The molecule has 13 heteroatoms. The molecule has 2 aromatic heterocycles. The number of para-hydroxylation sites is 1. The number of nitrogens with two attached hydrogens (primary N) is 1. The molecule has 1 aliphatic carbocycles. The standard InChI is InChI=1S/C34H51N9O4/c35-28(33(45)46)13-14-31(44)43-20-15-25(16-21-43)40-32-27-10-4-5-11-29(27)41-34(42-32)38-22-26-23-47-30(39-26)12-6-17-36-18-7-19-37-24-8-2-1-3-9-24/h4-5,10-11,23-25,28,36-37H,1-3,6-9,12-22,35H2,(H,45,46)(H2,38,40,41,42)/t28-/m0/s1. The van der Waals surface area contributed by atoms with Gasteiger partial charge in [0, 0.05) is 43.4 Å². The molecule has 2 fully saturated rings. The van der Waals surface area contributed by atoms with Crippen LogP contribution in [0.25, 0.3) is 10.9 Å². The Kier molecular flexibility index (Phi) is 13.2. The van der Waals surface area contributed by atoms with Crippen LogP contribution in [0.2, 0.25) is 0 Å². The fraction of sp³-hybridized carbons (Fsp3) is 0.618. The van der Waals surface area contributed by atoms with E-state index >= 15 is 0 Å². The van der Waals surface area contributed by atoms with Crippen molar-refractivity contribution in [1.29, 1.82) is 0 Å². The molecule has 0 bridgehead atoms. The minimum Gasteiger partial charge on any atom is -0.480 e. The molecule has 5 rings (SSSR count). The summed E-state index contributed by atoms with van der Waals surface area (Å²) in [5.74, 6) is 0.840. The molecule has 0 spiro atoms. The van der Waals surface area contributed by atoms with Crippen LogP contribution in [0.4, 0.5) is 11.8 Å². The van der Waals surface area contributed by atoms with E-state index in [1.165, 1.54) is 32.1 Å². The van der Waals surface area contributed by atoms with Crippen molar-refractivity contribution in [2.45, 2.75) is 102 Å². The molecular formula is C34H51N9O4. The van der Waals surface area contributed by atoms with Gasteiger partial charge in [0.15, 0.2) is 5.89 Å². The molecule has 1 saturated heterocycles. The van der Waals surface area contributed by atoms with E-state index in [0.29, 0.717) is 25.6 Å². The lowest BCUT2D eigenvalue weighted by Crippen LogP contribution is -2.43. The SMILES string of the molecule is N[C@@H](CCC(=O)N1CCC(Nc2nc(NCc3coc(CCCNCCCNC4CCCCC4)n3)nc3ccccc23)CC1)C(=O)O. The largest absolute Gasteiger partial charge is 0.480 e. The number of carbonyl (C=O) groups excluding carboxylic acids is 1. The van der Waals surface area contributed by atoms with Gasteiger partial charge in [0.2, 0.25) is 11.9 Å². The lowest BCUT2D eigenvalue weighted by molar-refractivity contribution is -0.139. The van der Waals surface area contributed by atoms with Gasteiger partial charge in [-0.15, -0.1) is 0 Å². The van der Waals surface area contributed by atoms with E-state index in [1.54, 1.807) is 11.2 Å². The smallest absolute Gasteiger partial charge is 0.320 e. The van der Waals surface area contributed by atoms with Crippen molar-refractivity contribution in [2.75, 3.05) is 43.4 Å². The number of hydrogen-bond acceptors (Lipinski definition) is 11. The highest BCUT2D eigenvalue weighted by Crippen LogP contribution is 2.25. The summed E-state index contributed by atoms with van der Waals surface area (Å²) in [5.41, 5.74) is 7.19. The summed E-state index contributed by atoms with van der Waals surface area (Å²) in [5, 5.41) is 24.0. The first-order valence-corrected chi connectivity index (χ1v) is 17.4. The quantitative estimate of drug-likeness (QED) is 0.110. The fourth-order valence-electron chi connectivity index (χ4n) is 6.32. The third-order valence-electron chi connectivity index (χ3n) is 9.12. The number of aliphatic carboxylic acids is 1. The molecule has 1 amide bonds. The second-order valence-corrected chi connectivity index (χ2v) is 12.8. The van der Waals surface area contributed by atoms with Gasteiger partial charge < -0.3 is 41.4 Å². The number of aryl methyl sites for hydroxylation is 1. The maximum Gasteiger partial charge on any atom is 0.320 e. The zero-order chi connectivity index (χ0) is 32.8. The molecule has 13 nitrogen and oxygen atoms in total. The highest BCUT2D eigenvalue weighted by Gasteiger charge is 2.25. The van der Waals surface area contributed by atoms with Gasteiger partial charge in [-0.3, -0.25) is 9.59 Å². The zero-order valence-corrected chi connectivity index (χ0v) is 27.4. The van der Waals surface area contributed by atoms with Crippen LogP contribution >= 0.6 is 0 Å². The van der Waals surface area contributed by atoms with Crippen molar-refractivity contribution in [3.8, 4) is 0 Å². The first-order valence-electron chi connectivity index (χ1n) is 17.4. The van der Waals surface area contributed by atoms with E-state index in [1.807, 2.05) is 24.3 Å². The van der Waals surface area contributed by atoms with Gasteiger partial charge in [-0.25, -0.2) is 9.97 Å². The van der Waals surface area contributed by atoms with E-state index in [-0.39, 0.29) is 24.8 Å². The number of nitrogens with zero attached hydrogens (tertiary/aromatic N) is 4. The van der Waals surface area contributed by atoms with E-state index in [2.05, 4.69) is 26.3 Å². The Labute approximate surface area is 276 Å². The molecule has 1 aromatic carbocycles. The number of benzene rings is 1. The molecule has 0 unspecified atom stereocenters. The van der Waals surface area contributed by atoms with Gasteiger partial charge in [-0.1, -0.05) is 31.4 Å². The number of likely N-dealkylation sites (tertiary alicyclic amines) is 1. The molecular weight excluding hydrogens is 598 g/mol. The number of carboxylic acid groups (broad SMARTS) is 1. The van der Waals surface area contributed by atoms with Gasteiger partial charge in [0.1, 0.15) is 18.1 Å². The van der Waals surface area contributed by atoms with Crippen LogP contribution in [0.1, 0.15) is 82.2 Å². The summed E-state index contributed by atoms with van der Waals surface area (Å²) in [6.45, 7) is 4.68. The van der Waals surface area contributed by atoms with E-state index < -0.39 is 12.0 Å². The van der Waals surface area contributed by atoms with Crippen LogP contribution in [0.15, 0.2) is 34.9 Å². The van der Waals surface area contributed by atoms with E-state index in [0.717, 1.165) is 86.1 Å². The van der Waals surface area contributed by atoms with Gasteiger partial charge in [0.25, 0.3) is 0 Å². The second kappa shape index (κ2) is 17.9. The van der Waals surface area contributed by atoms with Gasteiger partial charge in [-0.05, 0) is 76.7 Å². The molecule has 0 radical (unpaired) electrons. The molecule has 1 aliphatic heterocycles. The maximum atomic E-state index is 12.6. The topological polar surface area (TPSA) is 184 Å². The summed E-state index contributed by atoms with van der Waals surface area (Å²) in [7, 11) is 0. The van der Waals surface area contributed by atoms with Crippen LogP contribution < -0.4 is 27.0 Å². The number of piperidine rings is 1. The Balaban J connectivity index is 1.03. The minimum absolute atomic E-state index is 0.0557. The summed E-state index contributed by atoms with van der Waals surface area (Å²) in [6, 6.07) is 7.73. The second-order valence-electron chi connectivity index (χ2n) is 12.8. The number of anilines is 2.